The van der Waals surface area contributed by atoms with E-state index in [9.17, 15) is 9.59 Å². The van der Waals surface area contributed by atoms with Crippen molar-refractivity contribution in [3.8, 4) is 0 Å². The fraction of sp³-hybridized carbons (Fsp3) is 0.467. The standard InChI is InChI=1S/C15H17BrN2O2/c16-12-3-1-10(2-4-12)11-7-14(19)18(15(20)8-11)13-5-6-17-9-13/h1-4,11,13,17H,5-9H2. The molecule has 2 heterocycles. The van der Waals surface area contributed by atoms with Gasteiger partial charge in [-0.25, -0.2) is 0 Å². The van der Waals surface area contributed by atoms with E-state index in [0.29, 0.717) is 12.8 Å². The Kier molecular flexibility index (Phi) is 3.89. The third-order valence-electron chi connectivity index (χ3n) is 4.12. The van der Waals surface area contributed by atoms with Crippen molar-refractivity contribution in [1.82, 2.24) is 10.2 Å². The number of piperidine rings is 1. The van der Waals surface area contributed by atoms with Gasteiger partial charge in [0.15, 0.2) is 0 Å². The van der Waals surface area contributed by atoms with E-state index in [2.05, 4.69) is 21.2 Å². The first-order valence-electron chi connectivity index (χ1n) is 6.96. The molecule has 1 aromatic rings. The van der Waals surface area contributed by atoms with Crippen LogP contribution in [0.4, 0.5) is 0 Å². The van der Waals surface area contributed by atoms with Crippen molar-refractivity contribution < 1.29 is 9.59 Å². The third-order valence-corrected chi connectivity index (χ3v) is 4.65. The molecule has 2 aliphatic rings. The van der Waals surface area contributed by atoms with Crippen molar-refractivity contribution in [2.45, 2.75) is 31.2 Å². The van der Waals surface area contributed by atoms with Crippen LogP contribution < -0.4 is 5.32 Å². The molecular formula is C15H17BrN2O2. The van der Waals surface area contributed by atoms with Crippen LogP contribution >= 0.6 is 15.9 Å². The molecule has 4 nitrogen and oxygen atoms in total. The SMILES string of the molecule is O=C1CC(c2ccc(Br)cc2)CC(=O)N1C1CCNC1. The number of halogens is 1. The zero-order valence-corrected chi connectivity index (χ0v) is 12.7. The van der Waals surface area contributed by atoms with E-state index in [1.54, 1.807) is 0 Å². The first-order chi connectivity index (χ1) is 9.65. The molecule has 0 saturated carbocycles. The van der Waals surface area contributed by atoms with E-state index in [-0.39, 0.29) is 23.8 Å². The van der Waals surface area contributed by atoms with Crippen LogP contribution in [0.25, 0.3) is 0 Å². The lowest BCUT2D eigenvalue weighted by atomic mass is 9.88. The van der Waals surface area contributed by atoms with Gasteiger partial charge >= 0.3 is 0 Å². The van der Waals surface area contributed by atoms with Gasteiger partial charge in [0.2, 0.25) is 11.8 Å². The molecule has 2 fully saturated rings. The minimum Gasteiger partial charge on any atom is -0.315 e. The molecule has 2 aliphatic heterocycles. The fourth-order valence-electron chi connectivity index (χ4n) is 3.07. The normalized spacial score (nSPS) is 24.4. The van der Waals surface area contributed by atoms with Gasteiger partial charge in [-0.3, -0.25) is 14.5 Å². The number of nitrogens with one attached hydrogen (secondary N) is 1. The molecular weight excluding hydrogens is 320 g/mol. The van der Waals surface area contributed by atoms with Crippen molar-refractivity contribution in [3.05, 3.63) is 34.3 Å². The van der Waals surface area contributed by atoms with Gasteiger partial charge in [0, 0.05) is 29.8 Å². The van der Waals surface area contributed by atoms with Gasteiger partial charge in [-0.2, -0.15) is 0 Å². The zero-order valence-electron chi connectivity index (χ0n) is 11.1. The average molecular weight is 337 g/mol. The Morgan fingerprint density at radius 1 is 1.10 bits per heavy atom. The van der Waals surface area contributed by atoms with Gasteiger partial charge in [0.25, 0.3) is 0 Å². The zero-order chi connectivity index (χ0) is 14.1. The quantitative estimate of drug-likeness (QED) is 0.841. The monoisotopic (exact) mass is 336 g/mol. The molecule has 20 heavy (non-hydrogen) atoms. The van der Waals surface area contributed by atoms with Crippen molar-refractivity contribution in [2.24, 2.45) is 0 Å². The van der Waals surface area contributed by atoms with Gasteiger partial charge in [0.1, 0.15) is 0 Å². The van der Waals surface area contributed by atoms with E-state index in [1.807, 2.05) is 24.3 Å². The lowest BCUT2D eigenvalue weighted by Gasteiger charge is -2.34. The summed E-state index contributed by atoms with van der Waals surface area (Å²) in [7, 11) is 0. The van der Waals surface area contributed by atoms with E-state index in [4.69, 9.17) is 0 Å². The van der Waals surface area contributed by atoms with Gasteiger partial charge < -0.3 is 5.32 Å². The lowest BCUT2D eigenvalue weighted by Crippen LogP contribution is -2.49. The maximum Gasteiger partial charge on any atom is 0.230 e. The fourth-order valence-corrected chi connectivity index (χ4v) is 3.33. The molecule has 1 atom stereocenters. The second kappa shape index (κ2) is 5.66. The van der Waals surface area contributed by atoms with Crippen molar-refractivity contribution >= 4 is 27.7 Å². The molecule has 2 saturated heterocycles. The minimum atomic E-state index is -0.0251. The largest absolute Gasteiger partial charge is 0.315 e. The van der Waals surface area contributed by atoms with Crippen LogP contribution in [0.5, 0.6) is 0 Å². The summed E-state index contributed by atoms with van der Waals surface area (Å²) < 4.78 is 1.01. The number of carbonyl (C=O) groups is 2. The highest BCUT2D eigenvalue weighted by Crippen LogP contribution is 2.31. The molecule has 0 aromatic heterocycles. The van der Waals surface area contributed by atoms with Crippen LogP contribution in [0.2, 0.25) is 0 Å². The first kappa shape index (κ1) is 13.8. The topological polar surface area (TPSA) is 49.4 Å². The molecule has 2 amide bonds. The summed E-state index contributed by atoms with van der Waals surface area (Å²) in [5, 5.41) is 3.21. The Labute approximate surface area is 126 Å². The summed E-state index contributed by atoms with van der Waals surface area (Å²) in [4.78, 5) is 26.1. The molecule has 0 spiro atoms. The van der Waals surface area contributed by atoms with Crippen molar-refractivity contribution in [3.63, 3.8) is 0 Å². The lowest BCUT2D eigenvalue weighted by molar-refractivity contribution is -0.151. The number of likely N-dealkylation sites (tertiary alicyclic amines) is 1. The number of nitrogens with zero attached hydrogens (tertiary/aromatic N) is 1. The van der Waals surface area contributed by atoms with Crippen molar-refractivity contribution in [2.75, 3.05) is 13.1 Å². The van der Waals surface area contributed by atoms with Gasteiger partial charge in [-0.05, 0) is 30.7 Å². The maximum absolute atomic E-state index is 12.3. The molecule has 1 unspecified atom stereocenters. The predicted octanol–water partition coefficient (Wildman–Crippen LogP) is 2.04. The predicted molar refractivity (Wildman–Crippen MR) is 79.2 cm³/mol. The Morgan fingerprint density at radius 2 is 1.75 bits per heavy atom. The van der Waals surface area contributed by atoms with Crippen LogP contribution in [0.15, 0.2) is 28.7 Å². The number of benzene rings is 1. The first-order valence-corrected chi connectivity index (χ1v) is 7.75. The van der Waals surface area contributed by atoms with E-state index >= 15 is 0 Å². The molecule has 1 aromatic carbocycles. The van der Waals surface area contributed by atoms with Crippen LogP contribution in [-0.2, 0) is 9.59 Å². The molecule has 0 radical (unpaired) electrons. The number of hydrogen-bond acceptors (Lipinski definition) is 3. The Bertz CT molecular complexity index is 505. The van der Waals surface area contributed by atoms with Crippen LogP contribution in [0.3, 0.4) is 0 Å². The summed E-state index contributed by atoms with van der Waals surface area (Å²) in [6.45, 7) is 1.62. The maximum atomic E-state index is 12.3. The number of rotatable bonds is 2. The van der Waals surface area contributed by atoms with E-state index in [0.717, 1.165) is 29.5 Å². The smallest absolute Gasteiger partial charge is 0.230 e. The molecule has 1 N–H and O–H groups in total. The summed E-state index contributed by atoms with van der Waals surface area (Å²) >= 11 is 3.40. The summed E-state index contributed by atoms with van der Waals surface area (Å²) in [5.74, 6) is -0.0283. The Morgan fingerprint density at radius 3 is 2.30 bits per heavy atom. The van der Waals surface area contributed by atoms with Gasteiger partial charge in [-0.15, -0.1) is 0 Å². The highest BCUT2D eigenvalue weighted by atomic mass is 79.9. The van der Waals surface area contributed by atoms with Crippen LogP contribution in [0, 0.1) is 0 Å². The number of carbonyl (C=O) groups excluding carboxylic acids is 2. The molecule has 0 bridgehead atoms. The molecule has 0 aliphatic carbocycles. The van der Waals surface area contributed by atoms with Gasteiger partial charge in [-0.1, -0.05) is 28.1 Å². The summed E-state index contributed by atoms with van der Waals surface area (Å²) in [5.41, 5.74) is 1.07. The van der Waals surface area contributed by atoms with Crippen molar-refractivity contribution in [1.29, 1.82) is 0 Å². The second-order valence-electron chi connectivity index (χ2n) is 5.46. The Balaban J connectivity index is 1.75. The third kappa shape index (κ3) is 2.65. The summed E-state index contributed by atoms with van der Waals surface area (Å²) in [6.07, 6.45) is 1.74. The number of amides is 2. The van der Waals surface area contributed by atoms with Crippen LogP contribution in [0.1, 0.15) is 30.7 Å². The number of imide groups is 1. The Hall–Kier alpha value is -1.20. The second-order valence-corrected chi connectivity index (χ2v) is 6.38. The van der Waals surface area contributed by atoms with Crippen LogP contribution in [-0.4, -0.2) is 35.8 Å². The van der Waals surface area contributed by atoms with Gasteiger partial charge in [0.05, 0.1) is 6.04 Å². The minimum absolute atomic E-state index is 0.0220. The molecule has 3 rings (SSSR count). The summed E-state index contributed by atoms with van der Waals surface area (Å²) in [6, 6.07) is 7.94. The molecule has 5 heteroatoms. The highest BCUT2D eigenvalue weighted by molar-refractivity contribution is 9.10. The number of hydrogen-bond donors (Lipinski definition) is 1. The molecule has 106 valence electrons. The average Bonchev–Trinajstić information content (AvgIpc) is 2.92. The van der Waals surface area contributed by atoms with E-state index in [1.165, 1.54) is 4.90 Å². The highest BCUT2D eigenvalue weighted by Gasteiger charge is 2.38. The van der Waals surface area contributed by atoms with E-state index < -0.39 is 0 Å².